The lowest BCUT2D eigenvalue weighted by atomic mass is 9.83. The fraction of sp³-hybridized carbons (Fsp3) is 0.632. The molecular formula is C19H22Cl2O3. The van der Waals surface area contributed by atoms with Gasteiger partial charge >= 0.3 is 5.97 Å². The minimum Gasteiger partial charge on any atom is -0.482 e. The maximum Gasteiger partial charge on any atom is 0.344 e. The van der Waals surface area contributed by atoms with Gasteiger partial charge in [-0.3, -0.25) is 0 Å². The molecule has 1 aromatic carbocycles. The zero-order chi connectivity index (χ0) is 17.2. The Morgan fingerprint density at radius 1 is 1.21 bits per heavy atom. The van der Waals surface area contributed by atoms with Gasteiger partial charge in [-0.25, -0.2) is 4.79 Å². The van der Waals surface area contributed by atoms with Crippen molar-refractivity contribution in [3.8, 4) is 5.75 Å². The maximum absolute atomic E-state index is 12.3. The van der Waals surface area contributed by atoms with Crippen LogP contribution in [0.15, 0.2) is 30.3 Å². The van der Waals surface area contributed by atoms with Crippen molar-refractivity contribution in [2.24, 2.45) is 22.7 Å². The number of carbonyl (C=O) groups excluding carboxylic acids is 1. The van der Waals surface area contributed by atoms with E-state index in [0.29, 0.717) is 29.4 Å². The summed E-state index contributed by atoms with van der Waals surface area (Å²) in [6.45, 7) is 4.47. The molecule has 0 aromatic heterocycles. The third-order valence-corrected chi connectivity index (χ3v) is 7.49. The van der Waals surface area contributed by atoms with Crippen molar-refractivity contribution in [2.45, 2.75) is 43.5 Å². The number of alkyl halides is 2. The van der Waals surface area contributed by atoms with Gasteiger partial charge in [0.05, 0.1) is 0 Å². The Kier molecular flexibility index (Phi) is 3.64. The molecule has 4 rings (SSSR count). The number of rotatable bonds is 4. The molecule has 0 bridgehead atoms. The summed E-state index contributed by atoms with van der Waals surface area (Å²) in [5.41, 5.74) is 0.0363. The number of hydrogen-bond donors (Lipinski definition) is 0. The van der Waals surface area contributed by atoms with E-state index in [1.807, 2.05) is 30.3 Å². The minimum absolute atomic E-state index is 0.0916. The largest absolute Gasteiger partial charge is 0.482 e. The predicted octanol–water partition coefficient (Wildman–Crippen LogP) is 4.61. The van der Waals surface area contributed by atoms with E-state index < -0.39 is 4.33 Å². The molecule has 3 fully saturated rings. The van der Waals surface area contributed by atoms with Gasteiger partial charge in [0.25, 0.3) is 0 Å². The van der Waals surface area contributed by atoms with Crippen LogP contribution >= 0.6 is 23.2 Å². The molecule has 24 heavy (non-hydrogen) atoms. The molecule has 0 radical (unpaired) electrons. The van der Waals surface area contributed by atoms with Crippen LogP contribution in [-0.4, -0.2) is 23.0 Å². The van der Waals surface area contributed by atoms with Gasteiger partial charge in [-0.15, -0.1) is 23.2 Å². The Morgan fingerprint density at radius 3 is 2.50 bits per heavy atom. The highest BCUT2D eigenvalue weighted by Gasteiger charge is 2.78. The Bertz CT molecular complexity index is 658. The van der Waals surface area contributed by atoms with Crippen LogP contribution in [0.25, 0.3) is 0 Å². The number of hydrogen-bond acceptors (Lipinski definition) is 3. The third-order valence-electron chi connectivity index (χ3n) is 6.47. The summed E-state index contributed by atoms with van der Waals surface area (Å²) in [5.74, 6) is 1.55. The molecule has 1 aromatic rings. The minimum atomic E-state index is -0.762. The van der Waals surface area contributed by atoms with Crippen LogP contribution in [0.4, 0.5) is 0 Å². The molecule has 0 heterocycles. The van der Waals surface area contributed by atoms with Crippen LogP contribution in [0.1, 0.15) is 33.1 Å². The Morgan fingerprint density at radius 2 is 1.88 bits per heavy atom. The number of para-hydroxylation sites is 1. The van der Waals surface area contributed by atoms with Gasteiger partial charge in [0, 0.05) is 5.41 Å². The average Bonchev–Trinajstić information content (AvgIpc) is 3.28. The second-order valence-electron chi connectivity index (χ2n) is 8.09. The molecule has 0 aliphatic heterocycles. The molecule has 3 aliphatic rings. The lowest BCUT2D eigenvalue weighted by molar-refractivity contribution is -0.157. The van der Waals surface area contributed by atoms with Gasteiger partial charge in [-0.1, -0.05) is 32.0 Å². The van der Waals surface area contributed by atoms with E-state index in [2.05, 4.69) is 13.8 Å². The standard InChI is InChI=1S/C19H22Cl2O3/c1-17(2)13-8-15(18(9-14(13)17)11-19(18,20)21)24-16(22)10-23-12-6-4-3-5-7-12/h3-7,13-15H,8-11H2,1-2H3. The summed E-state index contributed by atoms with van der Waals surface area (Å²) in [6, 6.07) is 9.27. The molecule has 4 unspecified atom stereocenters. The van der Waals surface area contributed by atoms with Crippen LogP contribution in [0.5, 0.6) is 5.75 Å². The van der Waals surface area contributed by atoms with E-state index in [-0.39, 0.29) is 24.1 Å². The third kappa shape index (κ3) is 2.52. The topological polar surface area (TPSA) is 35.5 Å². The molecule has 0 saturated heterocycles. The smallest absolute Gasteiger partial charge is 0.344 e. The van der Waals surface area contributed by atoms with Crippen molar-refractivity contribution < 1.29 is 14.3 Å². The monoisotopic (exact) mass is 368 g/mol. The molecule has 3 saturated carbocycles. The summed E-state index contributed by atoms with van der Waals surface area (Å²) in [4.78, 5) is 12.3. The number of carbonyl (C=O) groups is 1. The van der Waals surface area contributed by atoms with Crippen LogP contribution in [0.3, 0.4) is 0 Å². The number of esters is 1. The van der Waals surface area contributed by atoms with Gasteiger partial charge < -0.3 is 9.47 Å². The fourth-order valence-corrected chi connectivity index (χ4v) is 5.52. The quantitative estimate of drug-likeness (QED) is 0.575. The van der Waals surface area contributed by atoms with Crippen LogP contribution in [0, 0.1) is 22.7 Å². The first-order valence-electron chi connectivity index (χ1n) is 8.51. The number of ether oxygens (including phenoxy) is 2. The first-order chi connectivity index (χ1) is 11.3. The molecule has 3 aliphatic carbocycles. The molecule has 0 N–H and O–H groups in total. The summed E-state index contributed by atoms with van der Waals surface area (Å²) in [7, 11) is 0. The summed E-state index contributed by atoms with van der Waals surface area (Å²) in [5, 5.41) is 0. The van der Waals surface area contributed by atoms with Crippen LogP contribution < -0.4 is 4.74 Å². The van der Waals surface area contributed by atoms with Crippen LogP contribution in [-0.2, 0) is 9.53 Å². The second-order valence-corrected chi connectivity index (χ2v) is 9.58. The number of fused-ring (bicyclic) bond motifs is 1. The molecule has 1 spiro atoms. The van der Waals surface area contributed by atoms with Crippen molar-refractivity contribution >= 4 is 29.2 Å². The predicted molar refractivity (Wildman–Crippen MR) is 93.3 cm³/mol. The zero-order valence-electron chi connectivity index (χ0n) is 13.9. The van der Waals surface area contributed by atoms with Crippen LogP contribution in [0.2, 0.25) is 0 Å². The van der Waals surface area contributed by atoms with E-state index >= 15 is 0 Å². The molecule has 3 nitrogen and oxygen atoms in total. The van der Waals surface area contributed by atoms with E-state index in [9.17, 15) is 4.79 Å². The Balaban J connectivity index is 1.40. The van der Waals surface area contributed by atoms with E-state index in [0.717, 1.165) is 12.8 Å². The second kappa shape index (κ2) is 5.28. The lowest BCUT2D eigenvalue weighted by Gasteiger charge is -2.32. The molecule has 5 heteroatoms. The summed E-state index contributed by atoms with van der Waals surface area (Å²) >= 11 is 12.9. The molecule has 4 atom stereocenters. The number of benzene rings is 1. The molecule has 0 amide bonds. The van der Waals surface area contributed by atoms with Gasteiger partial charge in [-0.05, 0) is 48.6 Å². The first kappa shape index (κ1) is 16.5. The van der Waals surface area contributed by atoms with E-state index in [4.69, 9.17) is 32.7 Å². The highest BCUT2D eigenvalue weighted by atomic mass is 35.5. The Hall–Kier alpha value is -0.930. The van der Waals surface area contributed by atoms with Crippen molar-refractivity contribution in [1.29, 1.82) is 0 Å². The highest BCUT2D eigenvalue weighted by molar-refractivity contribution is 6.51. The van der Waals surface area contributed by atoms with Gasteiger partial charge in [0.1, 0.15) is 16.2 Å². The van der Waals surface area contributed by atoms with Crippen molar-refractivity contribution in [3.63, 3.8) is 0 Å². The number of halogens is 2. The summed E-state index contributed by atoms with van der Waals surface area (Å²) in [6.07, 6.45) is 2.31. The average molecular weight is 369 g/mol. The van der Waals surface area contributed by atoms with Crippen molar-refractivity contribution in [2.75, 3.05) is 6.61 Å². The van der Waals surface area contributed by atoms with Crippen molar-refractivity contribution in [3.05, 3.63) is 30.3 Å². The molecule has 130 valence electrons. The van der Waals surface area contributed by atoms with Gasteiger partial charge in [0.15, 0.2) is 6.61 Å². The highest BCUT2D eigenvalue weighted by Crippen LogP contribution is 2.79. The molecular weight excluding hydrogens is 347 g/mol. The van der Waals surface area contributed by atoms with E-state index in [1.54, 1.807) is 0 Å². The van der Waals surface area contributed by atoms with E-state index in [1.165, 1.54) is 0 Å². The normalized spacial score (nSPS) is 37.4. The zero-order valence-corrected chi connectivity index (χ0v) is 15.4. The Labute approximate surface area is 152 Å². The van der Waals surface area contributed by atoms with Crippen molar-refractivity contribution in [1.82, 2.24) is 0 Å². The fourth-order valence-electron chi connectivity index (χ4n) is 4.65. The lowest BCUT2D eigenvalue weighted by Crippen LogP contribution is -2.37. The SMILES string of the molecule is CC1(C)C2CC(OC(=O)COc3ccccc3)C3(CC21)CC3(Cl)Cl. The summed E-state index contributed by atoms with van der Waals surface area (Å²) < 4.78 is 10.5. The maximum atomic E-state index is 12.3. The first-order valence-corrected chi connectivity index (χ1v) is 9.27. The van der Waals surface area contributed by atoms with Gasteiger partial charge in [0.2, 0.25) is 0 Å². The van der Waals surface area contributed by atoms with Gasteiger partial charge in [-0.2, -0.15) is 0 Å².